The number of ketones is 1. The minimum Gasteiger partial charge on any atom is -0.373 e. The summed E-state index contributed by atoms with van der Waals surface area (Å²) in [5.41, 5.74) is 10.7. The molecule has 2 heterocycles. The first-order valence-corrected chi connectivity index (χ1v) is 13.7. The molecule has 1 atom stereocenters. The Hall–Kier alpha value is -4.36. The molecule has 3 aromatic carbocycles. The fourth-order valence-electron chi connectivity index (χ4n) is 4.89. The zero-order valence-corrected chi connectivity index (χ0v) is 23.3. The number of hydrogen-bond donors (Lipinski definition) is 4. The molecule has 2 aliphatic rings. The Kier molecular flexibility index (Phi) is 7.14. The molecular weight excluding hydrogens is 564 g/mol. The number of nitriles is 1. The average Bonchev–Trinajstić information content (AvgIpc) is 3.69. The van der Waals surface area contributed by atoms with Crippen LogP contribution in [0.5, 0.6) is 0 Å². The van der Waals surface area contributed by atoms with Gasteiger partial charge in [0.05, 0.1) is 49.8 Å². The number of rotatable bonds is 8. The molecule has 0 bridgehead atoms. The summed E-state index contributed by atoms with van der Waals surface area (Å²) in [5, 5.41) is 20.0. The summed E-state index contributed by atoms with van der Waals surface area (Å²) < 4.78 is 13.8. The first-order chi connectivity index (χ1) is 19.8. The minimum atomic E-state index is -0.388. The third-order valence-corrected chi connectivity index (χ3v) is 7.65. The number of carbonyl (C=O) groups is 1. The number of hydrogen-bond acceptors (Lipinski definition) is 8. The average molecular weight is 588 g/mol. The summed E-state index contributed by atoms with van der Waals surface area (Å²) in [5.74, 6) is -0.548. The smallest absolute Gasteiger partial charge is 0.163 e. The standard InChI is InChI=1S/C30H24Cl2FN7O/c1-16(41)27-23(31)3-2-4-25(27)37-28-18(13-34)14-35-30-22(28)11-20(12-24(30)32)36-29(17-5-7-19(33)8-6-17)26-15-40(39-38-26)21-9-10-21/h2-8,11-12,14-15,21,29,36,38-39H,9-10H2,1H3,(H,35,37). The van der Waals surface area contributed by atoms with Gasteiger partial charge in [0.15, 0.2) is 5.78 Å². The van der Waals surface area contributed by atoms with Crippen molar-refractivity contribution in [3.8, 4) is 6.07 Å². The predicted octanol–water partition coefficient (Wildman–Crippen LogP) is 6.98. The Labute approximate surface area is 245 Å². The van der Waals surface area contributed by atoms with Gasteiger partial charge in [-0.3, -0.25) is 14.8 Å². The Bertz CT molecular complexity index is 1750. The van der Waals surface area contributed by atoms with Crippen molar-refractivity contribution in [2.75, 3.05) is 10.6 Å². The van der Waals surface area contributed by atoms with Crippen LogP contribution in [0.2, 0.25) is 10.0 Å². The lowest BCUT2D eigenvalue weighted by Crippen LogP contribution is -2.38. The van der Waals surface area contributed by atoms with Gasteiger partial charge in [-0.2, -0.15) is 5.26 Å². The van der Waals surface area contributed by atoms with Gasteiger partial charge in [0.2, 0.25) is 0 Å². The van der Waals surface area contributed by atoms with Crippen LogP contribution in [0, 0.1) is 17.1 Å². The van der Waals surface area contributed by atoms with Gasteiger partial charge >= 0.3 is 0 Å². The Morgan fingerprint density at radius 1 is 1.17 bits per heavy atom. The van der Waals surface area contributed by atoms with Crippen LogP contribution in [0.4, 0.5) is 21.5 Å². The van der Waals surface area contributed by atoms with Gasteiger partial charge in [0.25, 0.3) is 0 Å². The lowest BCUT2D eigenvalue weighted by atomic mass is 10.0. The van der Waals surface area contributed by atoms with E-state index in [-0.39, 0.29) is 23.2 Å². The van der Waals surface area contributed by atoms with E-state index in [2.05, 4.69) is 32.6 Å². The highest BCUT2D eigenvalue weighted by atomic mass is 35.5. The molecule has 1 unspecified atom stereocenters. The number of benzene rings is 3. The van der Waals surface area contributed by atoms with Crippen LogP contribution in [-0.2, 0) is 0 Å². The first-order valence-electron chi connectivity index (χ1n) is 12.9. The maximum Gasteiger partial charge on any atom is 0.163 e. The summed E-state index contributed by atoms with van der Waals surface area (Å²) in [6, 6.07) is 17.2. The van der Waals surface area contributed by atoms with Crippen LogP contribution in [0.25, 0.3) is 10.9 Å². The first kappa shape index (κ1) is 26.8. The Morgan fingerprint density at radius 3 is 2.66 bits per heavy atom. The van der Waals surface area contributed by atoms with Crippen molar-refractivity contribution in [2.45, 2.75) is 31.8 Å². The molecule has 4 aromatic rings. The third-order valence-electron chi connectivity index (χ3n) is 7.04. The topological polar surface area (TPSA) is 105 Å². The van der Waals surface area contributed by atoms with Crippen molar-refractivity contribution in [1.29, 1.82) is 5.26 Å². The van der Waals surface area contributed by atoms with E-state index in [0.29, 0.717) is 49.6 Å². The highest BCUT2D eigenvalue weighted by Gasteiger charge is 2.32. The van der Waals surface area contributed by atoms with E-state index in [4.69, 9.17) is 23.2 Å². The normalized spacial score (nSPS) is 15.2. The SMILES string of the molecule is CC(=O)c1c(Cl)cccc1Nc1c(C#N)cnc2c(Cl)cc(NC(C3=CN(C4CC4)NN3)c3ccc(F)cc3)cc12. The molecule has 4 N–H and O–H groups in total. The fraction of sp³-hybridized carbons (Fsp3) is 0.167. The second-order valence-electron chi connectivity index (χ2n) is 9.95. The molecular formula is C30H24Cl2FN7O. The summed E-state index contributed by atoms with van der Waals surface area (Å²) in [6.45, 7) is 1.43. The molecule has 0 amide bonds. The lowest BCUT2D eigenvalue weighted by molar-refractivity contribution is 0.101. The Balaban J connectivity index is 1.44. The van der Waals surface area contributed by atoms with Crippen molar-refractivity contribution >= 4 is 57.0 Å². The summed E-state index contributed by atoms with van der Waals surface area (Å²) in [7, 11) is 0. The van der Waals surface area contributed by atoms with E-state index in [1.807, 2.05) is 17.3 Å². The van der Waals surface area contributed by atoms with Gasteiger partial charge in [0, 0.05) is 29.5 Å². The molecule has 1 aromatic heterocycles. The van der Waals surface area contributed by atoms with E-state index in [0.717, 1.165) is 24.1 Å². The molecule has 11 heteroatoms. The number of nitrogens with one attached hydrogen (secondary N) is 4. The molecule has 0 radical (unpaired) electrons. The number of fused-ring (bicyclic) bond motifs is 1. The van der Waals surface area contributed by atoms with Crippen LogP contribution in [-0.4, -0.2) is 21.8 Å². The minimum absolute atomic E-state index is 0.219. The highest BCUT2D eigenvalue weighted by Crippen LogP contribution is 2.38. The molecule has 1 fully saturated rings. The molecule has 6 rings (SSSR count). The number of carbonyl (C=O) groups excluding carboxylic acids is 1. The van der Waals surface area contributed by atoms with Crippen LogP contribution >= 0.6 is 23.2 Å². The maximum atomic E-state index is 13.8. The third kappa shape index (κ3) is 5.37. The van der Waals surface area contributed by atoms with Gasteiger partial charge in [-0.1, -0.05) is 41.4 Å². The number of nitrogens with zero attached hydrogens (tertiary/aromatic N) is 3. The lowest BCUT2D eigenvalue weighted by Gasteiger charge is -2.22. The largest absolute Gasteiger partial charge is 0.373 e. The maximum absolute atomic E-state index is 13.8. The monoisotopic (exact) mass is 587 g/mol. The number of hydrazine groups is 2. The molecule has 8 nitrogen and oxygen atoms in total. The van der Waals surface area contributed by atoms with Crippen LogP contribution in [0.3, 0.4) is 0 Å². The van der Waals surface area contributed by atoms with E-state index in [1.54, 1.807) is 36.4 Å². The van der Waals surface area contributed by atoms with Crippen molar-refractivity contribution in [1.82, 2.24) is 21.0 Å². The number of Topliss-reactive ketones (excluding diaryl/α,β-unsaturated/α-hetero) is 1. The van der Waals surface area contributed by atoms with E-state index in [1.165, 1.54) is 25.3 Å². The van der Waals surface area contributed by atoms with Crippen molar-refractivity contribution < 1.29 is 9.18 Å². The molecule has 0 saturated heterocycles. The number of anilines is 3. The van der Waals surface area contributed by atoms with Gasteiger partial charge in [-0.05, 0) is 61.7 Å². The summed E-state index contributed by atoms with van der Waals surface area (Å²) >= 11 is 13.1. The van der Waals surface area contributed by atoms with Crippen molar-refractivity contribution in [3.63, 3.8) is 0 Å². The summed E-state index contributed by atoms with van der Waals surface area (Å²) in [4.78, 5) is 16.8. The Morgan fingerprint density at radius 2 is 1.95 bits per heavy atom. The number of pyridine rings is 1. The molecule has 206 valence electrons. The number of halogens is 3. The zero-order valence-electron chi connectivity index (χ0n) is 21.8. The van der Waals surface area contributed by atoms with Crippen LogP contribution in [0.1, 0.15) is 47.3 Å². The van der Waals surface area contributed by atoms with Crippen molar-refractivity contribution in [3.05, 3.63) is 105 Å². The predicted molar refractivity (Wildman–Crippen MR) is 158 cm³/mol. The number of aromatic nitrogens is 1. The highest BCUT2D eigenvalue weighted by molar-refractivity contribution is 6.36. The molecule has 1 aliphatic heterocycles. The quantitative estimate of drug-likeness (QED) is 0.164. The van der Waals surface area contributed by atoms with E-state index >= 15 is 0 Å². The zero-order chi connectivity index (χ0) is 28.7. The van der Waals surface area contributed by atoms with Gasteiger partial charge in [-0.25, -0.2) is 4.39 Å². The van der Waals surface area contributed by atoms with Crippen molar-refractivity contribution in [2.24, 2.45) is 0 Å². The molecule has 41 heavy (non-hydrogen) atoms. The molecule has 1 saturated carbocycles. The van der Waals surface area contributed by atoms with Gasteiger partial charge < -0.3 is 16.1 Å². The second-order valence-corrected chi connectivity index (χ2v) is 10.8. The summed E-state index contributed by atoms with van der Waals surface area (Å²) in [6.07, 6.45) is 5.66. The van der Waals surface area contributed by atoms with E-state index < -0.39 is 0 Å². The molecule has 0 spiro atoms. The fourth-order valence-corrected chi connectivity index (χ4v) is 5.46. The van der Waals surface area contributed by atoms with E-state index in [9.17, 15) is 14.4 Å². The van der Waals surface area contributed by atoms with Gasteiger partial charge in [-0.15, -0.1) is 5.53 Å². The van der Waals surface area contributed by atoms with Gasteiger partial charge in [0.1, 0.15) is 11.9 Å². The van der Waals surface area contributed by atoms with Crippen LogP contribution < -0.4 is 21.6 Å². The molecule has 1 aliphatic carbocycles. The second kappa shape index (κ2) is 10.9. The van der Waals surface area contributed by atoms with Crippen LogP contribution in [0.15, 0.2) is 72.7 Å².